The molecule has 3 rings (SSSR count). The van der Waals surface area contributed by atoms with Crippen molar-refractivity contribution in [3.05, 3.63) is 59.4 Å². The van der Waals surface area contributed by atoms with Gasteiger partial charge in [0.15, 0.2) is 0 Å². The highest BCUT2D eigenvalue weighted by Gasteiger charge is 2.21. The lowest BCUT2D eigenvalue weighted by atomic mass is 10.0. The zero-order valence-electron chi connectivity index (χ0n) is 15.8. The predicted molar refractivity (Wildman–Crippen MR) is 117 cm³/mol. The molecule has 0 spiro atoms. The van der Waals surface area contributed by atoms with Crippen molar-refractivity contribution in [3.63, 3.8) is 0 Å². The van der Waals surface area contributed by atoms with E-state index in [2.05, 4.69) is 42.6 Å². The largest absolute Gasteiger partial charge is 0.206 e. The summed E-state index contributed by atoms with van der Waals surface area (Å²) in [7, 11) is 0. The number of hydrogen-bond donors (Lipinski definition) is 0. The monoisotopic (exact) mass is 399 g/mol. The van der Waals surface area contributed by atoms with E-state index in [4.69, 9.17) is 5.26 Å². The Hall–Kier alpha value is -1.44. The predicted octanol–water partition coefficient (Wildman–Crippen LogP) is 6.91. The summed E-state index contributed by atoms with van der Waals surface area (Å²) in [6.07, 6.45) is 6.32. The lowest BCUT2D eigenvalue weighted by molar-refractivity contribution is 0.562. The van der Waals surface area contributed by atoms with E-state index < -0.39 is 0 Å². The van der Waals surface area contributed by atoms with Gasteiger partial charge in [0.25, 0.3) is 0 Å². The van der Waals surface area contributed by atoms with Gasteiger partial charge in [0, 0.05) is 5.56 Å². The summed E-state index contributed by atoms with van der Waals surface area (Å²) in [5.74, 6) is 3.19. The van der Waals surface area contributed by atoms with E-state index in [0.29, 0.717) is 15.7 Å². The summed E-state index contributed by atoms with van der Waals surface area (Å²) < 4.78 is 14.9. The maximum atomic E-state index is 14.2. The average Bonchev–Trinajstić information content (AvgIpc) is 2.72. The fourth-order valence-corrected chi connectivity index (χ4v) is 6.48. The molecular formula is C23H26FNS2. The SMILES string of the molecule is CCCCC1CSC(CCc2ccc(-c3ccc(C#N)cc3F)cc2)SC1. The Kier molecular flexibility index (Phi) is 7.67. The van der Waals surface area contributed by atoms with Crippen molar-refractivity contribution in [1.82, 2.24) is 0 Å². The second-order valence-electron chi connectivity index (χ2n) is 7.15. The van der Waals surface area contributed by atoms with Crippen LogP contribution in [0.25, 0.3) is 11.1 Å². The summed E-state index contributed by atoms with van der Waals surface area (Å²) in [5.41, 5.74) is 3.08. The second-order valence-corrected chi connectivity index (χ2v) is 9.92. The standard InChI is InChI=1S/C23H26FNS2/c1-2-3-4-19-15-26-23(27-16-19)12-8-17-5-9-20(10-6-17)21-11-7-18(14-25)13-22(21)24/h5-7,9-11,13,19,23H,2-4,8,12,15-16H2,1H3. The zero-order chi connectivity index (χ0) is 19.1. The first-order valence-corrected chi connectivity index (χ1v) is 11.8. The highest BCUT2D eigenvalue weighted by Crippen LogP contribution is 2.38. The van der Waals surface area contributed by atoms with Crippen molar-refractivity contribution in [2.24, 2.45) is 5.92 Å². The van der Waals surface area contributed by atoms with E-state index in [0.717, 1.165) is 17.9 Å². The van der Waals surface area contributed by atoms with Gasteiger partial charge < -0.3 is 0 Å². The van der Waals surface area contributed by atoms with Gasteiger partial charge in [0.2, 0.25) is 0 Å². The third-order valence-corrected chi connectivity index (χ3v) is 8.39. The summed E-state index contributed by atoms with van der Waals surface area (Å²) in [4.78, 5) is 0. The summed E-state index contributed by atoms with van der Waals surface area (Å²) in [6, 6.07) is 14.8. The molecule has 4 heteroatoms. The third kappa shape index (κ3) is 5.77. The van der Waals surface area contributed by atoms with Crippen LogP contribution < -0.4 is 0 Å². The molecule has 1 fully saturated rings. The van der Waals surface area contributed by atoms with Gasteiger partial charge in [-0.05, 0) is 59.9 Å². The van der Waals surface area contributed by atoms with E-state index in [1.165, 1.54) is 48.8 Å². The first kappa shape index (κ1) is 20.3. The topological polar surface area (TPSA) is 23.8 Å². The van der Waals surface area contributed by atoms with Crippen LogP contribution in [0.15, 0.2) is 42.5 Å². The minimum atomic E-state index is -0.338. The van der Waals surface area contributed by atoms with Crippen LogP contribution in [0.1, 0.15) is 43.7 Å². The second kappa shape index (κ2) is 10.2. The van der Waals surface area contributed by atoms with Crippen LogP contribution >= 0.6 is 23.5 Å². The smallest absolute Gasteiger partial charge is 0.132 e. The Morgan fingerprint density at radius 3 is 2.44 bits per heavy atom. The van der Waals surface area contributed by atoms with Crippen LogP contribution in [-0.2, 0) is 6.42 Å². The molecule has 0 aliphatic carbocycles. The number of benzene rings is 2. The van der Waals surface area contributed by atoms with Crippen molar-refractivity contribution < 1.29 is 4.39 Å². The van der Waals surface area contributed by atoms with Crippen molar-refractivity contribution in [2.45, 2.75) is 43.6 Å². The average molecular weight is 400 g/mol. The first-order chi connectivity index (χ1) is 13.2. The van der Waals surface area contributed by atoms with Crippen LogP contribution in [0, 0.1) is 23.1 Å². The molecule has 2 aromatic rings. The molecule has 0 radical (unpaired) electrons. The molecule has 0 atom stereocenters. The summed E-state index contributed by atoms with van der Waals surface area (Å²) in [6.45, 7) is 2.27. The highest BCUT2D eigenvalue weighted by atomic mass is 32.2. The van der Waals surface area contributed by atoms with E-state index in [1.807, 2.05) is 18.2 Å². The number of unbranched alkanes of at least 4 members (excludes halogenated alkanes) is 1. The number of nitriles is 1. The van der Waals surface area contributed by atoms with Crippen molar-refractivity contribution in [3.8, 4) is 17.2 Å². The van der Waals surface area contributed by atoms with Crippen LogP contribution in [0.5, 0.6) is 0 Å². The van der Waals surface area contributed by atoms with E-state index in [9.17, 15) is 4.39 Å². The molecular weight excluding hydrogens is 373 g/mol. The molecule has 1 nitrogen and oxygen atoms in total. The fourth-order valence-electron chi connectivity index (χ4n) is 3.36. The Balaban J connectivity index is 1.51. The number of thioether (sulfide) groups is 2. The van der Waals surface area contributed by atoms with Crippen LogP contribution in [0.4, 0.5) is 4.39 Å². The van der Waals surface area contributed by atoms with Crippen molar-refractivity contribution >= 4 is 23.5 Å². The first-order valence-electron chi connectivity index (χ1n) is 9.71. The number of aryl methyl sites for hydroxylation is 1. The molecule has 0 aromatic heterocycles. The fraction of sp³-hybridized carbons (Fsp3) is 0.435. The van der Waals surface area contributed by atoms with Gasteiger partial charge in [-0.25, -0.2) is 4.39 Å². The van der Waals surface area contributed by atoms with E-state index in [-0.39, 0.29) is 5.82 Å². The van der Waals surface area contributed by atoms with Crippen LogP contribution in [-0.4, -0.2) is 16.1 Å². The molecule has 0 amide bonds. The molecule has 0 N–H and O–H groups in total. The Morgan fingerprint density at radius 2 is 1.81 bits per heavy atom. The minimum Gasteiger partial charge on any atom is -0.206 e. The molecule has 27 heavy (non-hydrogen) atoms. The van der Waals surface area contributed by atoms with Gasteiger partial charge >= 0.3 is 0 Å². The molecule has 0 unspecified atom stereocenters. The Morgan fingerprint density at radius 1 is 1.07 bits per heavy atom. The lowest BCUT2D eigenvalue weighted by Gasteiger charge is -2.27. The third-order valence-electron chi connectivity index (χ3n) is 5.03. The van der Waals surface area contributed by atoms with E-state index >= 15 is 0 Å². The number of halogens is 1. The Bertz CT molecular complexity index is 774. The maximum Gasteiger partial charge on any atom is 0.132 e. The van der Waals surface area contributed by atoms with Crippen LogP contribution in [0.2, 0.25) is 0 Å². The van der Waals surface area contributed by atoms with Gasteiger partial charge in [0.1, 0.15) is 5.82 Å². The maximum absolute atomic E-state index is 14.2. The van der Waals surface area contributed by atoms with Crippen LogP contribution in [0.3, 0.4) is 0 Å². The molecule has 0 bridgehead atoms. The van der Waals surface area contributed by atoms with Crippen molar-refractivity contribution in [2.75, 3.05) is 11.5 Å². The quantitative estimate of drug-likeness (QED) is 0.505. The molecule has 0 saturated carbocycles. The molecule has 2 aromatic carbocycles. The highest BCUT2D eigenvalue weighted by molar-refractivity contribution is 8.17. The molecule has 1 saturated heterocycles. The molecule has 142 valence electrons. The van der Waals surface area contributed by atoms with Gasteiger partial charge in [-0.2, -0.15) is 5.26 Å². The molecule has 1 heterocycles. The summed E-state index contributed by atoms with van der Waals surface area (Å²) in [5, 5.41) is 8.86. The van der Waals surface area contributed by atoms with Gasteiger partial charge in [-0.1, -0.05) is 50.1 Å². The van der Waals surface area contributed by atoms with Gasteiger partial charge in [-0.3, -0.25) is 0 Å². The number of hydrogen-bond acceptors (Lipinski definition) is 3. The van der Waals surface area contributed by atoms with E-state index in [1.54, 1.807) is 12.1 Å². The Labute approximate surface area is 170 Å². The molecule has 1 aliphatic heterocycles. The zero-order valence-corrected chi connectivity index (χ0v) is 17.4. The normalized spacial score (nSPS) is 19.6. The molecule has 1 aliphatic rings. The van der Waals surface area contributed by atoms with Gasteiger partial charge in [0.05, 0.1) is 16.2 Å². The lowest BCUT2D eigenvalue weighted by Crippen LogP contribution is -2.18. The number of nitrogens with zero attached hydrogens (tertiary/aromatic N) is 1. The van der Waals surface area contributed by atoms with Crippen molar-refractivity contribution in [1.29, 1.82) is 5.26 Å². The number of rotatable bonds is 7. The minimum absolute atomic E-state index is 0.338. The van der Waals surface area contributed by atoms with Gasteiger partial charge in [-0.15, -0.1) is 23.5 Å². The summed E-state index contributed by atoms with van der Waals surface area (Å²) >= 11 is 4.27.